The van der Waals surface area contributed by atoms with Gasteiger partial charge in [-0.15, -0.1) is 0 Å². The molecule has 2 rings (SSSR count). The Morgan fingerprint density at radius 3 is 2.36 bits per heavy atom. The van der Waals surface area contributed by atoms with Crippen molar-refractivity contribution in [1.82, 2.24) is 0 Å². The monoisotopic (exact) mass is 396 g/mol. The van der Waals surface area contributed by atoms with Crippen molar-refractivity contribution in [1.29, 1.82) is 0 Å². The SMILES string of the molecule is CCCOC1CCC(C(CCC)CCCc2ccc(OCC)c(F)c2F)CC1. The maximum Gasteiger partial charge on any atom is 0.200 e. The Balaban J connectivity index is 1.84. The molecule has 0 bridgehead atoms. The first-order valence-electron chi connectivity index (χ1n) is 11.3. The van der Waals surface area contributed by atoms with Gasteiger partial charge < -0.3 is 9.47 Å². The summed E-state index contributed by atoms with van der Waals surface area (Å²) in [5.74, 6) is -0.146. The first-order valence-corrected chi connectivity index (χ1v) is 11.3. The van der Waals surface area contributed by atoms with Crippen LogP contribution in [0.15, 0.2) is 12.1 Å². The quantitative estimate of drug-likeness (QED) is 0.375. The molecule has 0 aliphatic heterocycles. The largest absolute Gasteiger partial charge is 0.491 e. The Hall–Kier alpha value is -1.16. The minimum atomic E-state index is -0.852. The van der Waals surface area contributed by atoms with E-state index in [1.807, 2.05) is 0 Å². The predicted octanol–water partition coefficient (Wildman–Crippen LogP) is 7.09. The molecule has 160 valence electrons. The van der Waals surface area contributed by atoms with Gasteiger partial charge in [-0.25, -0.2) is 4.39 Å². The summed E-state index contributed by atoms with van der Waals surface area (Å²) in [7, 11) is 0. The van der Waals surface area contributed by atoms with Crippen molar-refractivity contribution >= 4 is 0 Å². The zero-order chi connectivity index (χ0) is 20.4. The van der Waals surface area contributed by atoms with Gasteiger partial charge in [-0.2, -0.15) is 4.39 Å². The molecule has 0 N–H and O–H groups in total. The Labute approximate surface area is 170 Å². The van der Waals surface area contributed by atoms with Gasteiger partial charge in [-0.1, -0.05) is 32.8 Å². The standard InChI is InChI=1S/C24H38F2O2/c1-4-8-18(19-11-14-21(15-12-19)28-17-5-2)9-7-10-20-13-16-22(27-6-3)24(26)23(20)25/h13,16,18-19,21H,4-12,14-15,17H2,1-3H3. The average molecular weight is 397 g/mol. The van der Waals surface area contributed by atoms with Crippen molar-refractivity contribution in [3.8, 4) is 5.75 Å². The number of rotatable bonds is 12. The van der Waals surface area contributed by atoms with Gasteiger partial charge in [0.05, 0.1) is 12.7 Å². The van der Waals surface area contributed by atoms with Crippen LogP contribution in [0.2, 0.25) is 0 Å². The van der Waals surface area contributed by atoms with Crippen LogP contribution in [0.1, 0.15) is 84.1 Å². The topological polar surface area (TPSA) is 18.5 Å². The predicted molar refractivity (Wildman–Crippen MR) is 111 cm³/mol. The molecule has 1 saturated carbocycles. The van der Waals surface area contributed by atoms with E-state index in [1.165, 1.54) is 38.5 Å². The molecular weight excluding hydrogens is 358 g/mol. The second kappa shape index (κ2) is 12.4. The summed E-state index contributed by atoms with van der Waals surface area (Å²) in [6, 6.07) is 3.23. The Morgan fingerprint density at radius 1 is 0.964 bits per heavy atom. The van der Waals surface area contributed by atoms with Crippen molar-refractivity contribution in [3.63, 3.8) is 0 Å². The molecule has 0 amide bonds. The van der Waals surface area contributed by atoms with E-state index in [-0.39, 0.29) is 5.75 Å². The van der Waals surface area contributed by atoms with Gasteiger partial charge in [0.25, 0.3) is 0 Å². The van der Waals surface area contributed by atoms with E-state index < -0.39 is 11.6 Å². The van der Waals surface area contributed by atoms with Crippen LogP contribution in [0.25, 0.3) is 0 Å². The lowest BCUT2D eigenvalue weighted by molar-refractivity contribution is 0.0100. The fourth-order valence-electron chi connectivity index (χ4n) is 4.58. The number of ether oxygens (including phenoxy) is 2. The van der Waals surface area contributed by atoms with Crippen LogP contribution in [0, 0.1) is 23.5 Å². The minimum Gasteiger partial charge on any atom is -0.491 e. The zero-order valence-electron chi connectivity index (χ0n) is 17.9. The molecular formula is C24H38F2O2. The van der Waals surface area contributed by atoms with Crippen molar-refractivity contribution < 1.29 is 18.3 Å². The van der Waals surface area contributed by atoms with Crippen LogP contribution in [0.3, 0.4) is 0 Å². The van der Waals surface area contributed by atoms with Crippen LogP contribution in [0.4, 0.5) is 8.78 Å². The molecule has 0 radical (unpaired) electrons. The molecule has 2 nitrogen and oxygen atoms in total. The molecule has 0 heterocycles. The van der Waals surface area contributed by atoms with Crippen molar-refractivity contribution in [2.75, 3.05) is 13.2 Å². The lowest BCUT2D eigenvalue weighted by Gasteiger charge is -2.34. The first kappa shape index (κ1) is 23.1. The van der Waals surface area contributed by atoms with Crippen LogP contribution in [-0.2, 0) is 11.2 Å². The van der Waals surface area contributed by atoms with Crippen molar-refractivity contribution in [2.45, 2.75) is 91.1 Å². The van der Waals surface area contributed by atoms with E-state index in [1.54, 1.807) is 19.1 Å². The van der Waals surface area contributed by atoms with Crippen molar-refractivity contribution in [3.05, 3.63) is 29.3 Å². The van der Waals surface area contributed by atoms with Gasteiger partial charge in [0.1, 0.15) is 0 Å². The first-order chi connectivity index (χ1) is 13.6. The Bertz CT molecular complexity index is 568. The number of hydrogen-bond donors (Lipinski definition) is 0. The second-order valence-electron chi connectivity index (χ2n) is 8.13. The number of benzene rings is 1. The van der Waals surface area contributed by atoms with E-state index >= 15 is 0 Å². The molecule has 1 unspecified atom stereocenters. The molecule has 1 aromatic rings. The third-order valence-electron chi connectivity index (χ3n) is 6.05. The van der Waals surface area contributed by atoms with E-state index in [0.29, 0.717) is 30.6 Å². The van der Waals surface area contributed by atoms with Gasteiger partial charge in [0, 0.05) is 6.61 Å². The van der Waals surface area contributed by atoms with Crippen molar-refractivity contribution in [2.24, 2.45) is 11.8 Å². The summed E-state index contributed by atoms with van der Waals surface area (Å²) in [6.07, 6.45) is 11.3. The smallest absolute Gasteiger partial charge is 0.200 e. The Morgan fingerprint density at radius 2 is 1.71 bits per heavy atom. The van der Waals surface area contributed by atoms with Crippen LogP contribution < -0.4 is 4.74 Å². The summed E-state index contributed by atoms with van der Waals surface area (Å²) in [4.78, 5) is 0. The van der Waals surface area contributed by atoms with E-state index in [9.17, 15) is 8.78 Å². The normalized spacial score (nSPS) is 20.9. The van der Waals surface area contributed by atoms with E-state index in [0.717, 1.165) is 31.8 Å². The molecule has 1 fully saturated rings. The van der Waals surface area contributed by atoms with Gasteiger partial charge in [0.15, 0.2) is 11.6 Å². The van der Waals surface area contributed by atoms with Gasteiger partial charge >= 0.3 is 0 Å². The van der Waals surface area contributed by atoms with Crippen LogP contribution >= 0.6 is 0 Å². The van der Waals surface area contributed by atoms with Gasteiger partial charge in [0.2, 0.25) is 5.82 Å². The molecule has 28 heavy (non-hydrogen) atoms. The van der Waals surface area contributed by atoms with Crippen LogP contribution in [0.5, 0.6) is 5.75 Å². The highest BCUT2D eigenvalue weighted by Gasteiger charge is 2.27. The van der Waals surface area contributed by atoms with Crippen LogP contribution in [-0.4, -0.2) is 19.3 Å². The lowest BCUT2D eigenvalue weighted by atomic mass is 9.75. The molecule has 1 aliphatic carbocycles. The Kier molecular flexibility index (Phi) is 10.3. The molecule has 0 spiro atoms. The number of hydrogen-bond acceptors (Lipinski definition) is 2. The van der Waals surface area contributed by atoms with E-state index in [4.69, 9.17) is 9.47 Å². The average Bonchev–Trinajstić information content (AvgIpc) is 2.71. The van der Waals surface area contributed by atoms with Gasteiger partial charge in [-0.05, 0) is 81.8 Å². The fourth-order valence-corrected chi connectivity index (χ4v) is 4.58. The highest BCUT2D eigenvalue weighted by atomic mass is 19.2. The highest BCUT2D eigenvalue weighted by molar-refractivity contribution is 5.31. The van der Waals surface area contributed by atoms with E-state index in [2.05, 4.69) is 13.8 Å². The summed E-state index contributed by atoms with van der Waals surface area (Å²) >= 11 is 0. The molecule has 1 atom stereocenters. The zero-order valence-corrected chi connectivity index (χ0v) is 17.9. The fraction of sp³-hybridized carbons (Fsp3) is 0.750. The highest BCUT2D eigenvalue weighted by Crippen LogP contribution is 2.36. The molecule has 0 saturated heterocycles. The van der Waals surface area contributed by atoms with Gasteiger partial charge in [-0.3, -0.25) is 0 Å². The molecule has 1 aromatic carbocycles. The summed E-state index contributed by atoms with van der Waals surface area (Å²) < 4.78 is 39.4. The number of halogens is 2. The molecule has 1 aliphatic rings. The third-order valence-corrected chi connectivity index (χ3v) is 6.05. The summed E-state index contributed by atoms with van der Waals surface area (Å²) in [5, 5.41) is 0. The maximum absolute atomic E-state index is 14.3. The minimum absolute atomic E-state index is 0.00895. The number of aryl methyl sites for hydroxylation is 1. The third kappa shape index (κ3) is 6.72. The summed E-state index contributed by atoms with van der Waals surface area (Å²) in [6.45, 7) is 7.37. The maximum atomic E-state index is 14.3. The second-order valence-corrected chi connectivity index (χ2v) is 8.13. The molecule has 4 heteroatoms. The lowest BCUT2D eigenvalue weighted by Crippen LogP contribution is -2.26. The molecule has 0 aromatic heterocycles. The summed E-state index contributed by atoms with van der Waals surface area (Å²) in [5.41, 5.74) is 0.466.